The lowest BCUT2D eigenvalue weighted by Crippen LogP contribution is -2.40. The number of anilines is 1. The second-order valence-corrected chi connectivity index (χ2v) is 7.85. The first-order chi connectivity index (χ1) is 14.3. The number of halogens is 2. The third-order valence-electron chi connectivity index (χ3n) is 5.09. The van der Waals surface area contributed by atoms with Crippen LogP contribution in [0.2, 0.25) is 0 Å². The fourth-order valence-corrected chi connectivity index (χ4v) is 3.61. The molecule has 1 heterocycles. The van der Waals surface area contributed by atoms with Gasteiger partial charge in [0, 0.05) is 42.8 Å². The summed E-state index contributed by atoms with van der Waals surface area (Å²) in [6, 6.07) is 9.72. The van der Waals surface area contributed by atoms with Crippen LogP contribution in [0.3, 0.4) is 0 Å². The van der Waals surface area contributed by atoms with E-state index in [-0.39, 0.29) is 5.88 Å². The molecule has 3 aromatic rings. The summed E-state index contributed by atoms with van der Waals surface area (Å²) >= 11 is 0. The van der Waals surface area contributed by atoms with Crippen LogP contribution in [0.15, 0.2) is 41.4 Å². The Labute approximate surface area is 175 Å². The summed E-state index contributed by atoms with van der Waals surface area (Å²) in [6.45, 7) is 10.0. The number of aromatic nitrogens is 1. The van der Waals surface area contributed by atoms with Crippen molar-refractivity contribution >= 4 is 28.5 Å². The molecule has 0 amide bonds. The molecule has 0 aliphatic carbocycles. The summed E-state index contributed by atoms with van der Waals surface area (Å²) in [7, 11) is 0. The van der Waals surface area contributed by atoms with Crippen LogP contribution in [0.4, 0.5) is 20.2 Å². The second kappa shape index (κ2) is 9.26. The number of aromatic amines is 1. The average molecular weight is 415 g/mol. The van der Waals surface area contributed by atoms with E-state index >= 15 is 0 Å². The van der Waals surface area contributed by atoms with Crippen molar-refractivity contribution in [2.24, 2.45) is 4.99 Å². The Hall–Kier alpha value is -2.93. The number of nitrogens with one attached hydrogen (secondary N) is 2. The van der Waals surface area contributed by atoms with Crippen molar-refractivity contribution in [1.82, 2.24) is 9.88 Å². The molecule has 0 saturated carbocycles. The van der Waals surface area contributed by atoms with Gasteiger partial charge in [0.05, 0.1) is 22.5 Å². The van der Waals surface area contributed by atoms with Crippen LogP contribution in [-0.4, -0.2) is 46.4 Å². The van der Waals surface area contributed by atoms with E-state index in [4.69, 9.17) is 0 Å². The number of aliphatic imine (C=N–C) groups is 1. The van der Waals surface area contributed by atoms with Crippen LogP contribution < -0.4 is 5.32 Å². The van der Waals surface area contributed by atoms with Crippen LogP contribution in [0.25, 0.3) is 10.9 Å². The summed E-state index contributed by atoms with van der Waals surface area (Å²) in [6.07, 6.45) is 1.44. The molecule has 7 heteroatoms. The highest BCUT2D eigenvalue weighted by Crippen LogP contribution is 2.27. The molecule has 0 unspecified atom stereocenters. The summed E-state index contributed by atoms with van der Waals surface area (Å²) < 4.78 is 27.8. The molecule has 0 atom stereocenters. The first kappa shape index (κ1) is 21.8. The number of fused-ring (bicyclic) bond motifs is 1. The fraction of sp³-hybridized carbons (Fsp3) is 0.348. The van der Waals surface area contributed by atoms with Gasteiger partial charge in [0.2, 0.25) is 0 Å². The topological polar surface area (TPSA) is 63.6 Å². The van der Waals surface area contributed by atoms with Gasteiger partial charge in [-0.2, -0.15) is 0 Å². The minimum absolute atomic E-state index is 0.113. The van der Waals surface area contributed by atoms with Crippen molar-refractivity contribution in [3.8, 4) is 5.88 Å². The van der Waals surface area contributed by atoms with Gasteiger partial charge in [-0.3, -0.25) is 9.89 Å². The minimum Gasteiger partial charge on any atom is -0.494 e. The predicted molar refractivity (Wildman–Crippen MR) is 119 cm³/mol. The van der Waals surface area contributed by atoms with E-state index in [0.717, 1.165) is 6.54 Å². The van der Waals surface area contributed by atoms with E-state index in [0.29, 0.717) is 46.5 Å². The minimum atomic E-state index is -0.401. The van der Waals surface area contributed by atoms with Crippen LogP contribution in [0.5, 0.6) is 5.88 Å². The van der Waals surface area contributed by atoms with Gasteiger partial charge in [0.25, 0.3) is 0 Å². The van der Waals surface area contributed by atoms with Crippen LogP contribution in [0.1, 0.15) is 33.3 Å². The molecule has 1 aromatic heterocycles. The summed E-state index contributed by atoms with van der Waals surface area (Å²) in [5.41, 5.74) is 1.73. The molecule has 0 aliphatic heterocycles. The van der Waals surface area contributed by atoms with Gasteiger partial charge in [-0.15, -0.1) is 0 Å². The average Bonchev–Trinajstić information content (AvgIpc) is 2.98. The molecular formula is C23H28F2N4O. The lowest BCUT2D eigenvalue weighted by Gasteiger charge is -2.30. The molecule has 3 N–H and O–H groups in total. The number of hydrogen-bond donors (Lipinski definition) is 3. The van der Waals surface area contributed by atoms with Crippen LogP contribution >= 0.6 is 0 Å². The Morgan fingerprint density at radius 1 is 1.10 bits per heavy atom. The van der Waals surface area contributed by atoms with Crippen LogP contribution in [0, 0.1) is 11.6 Å². The molecule has 0 radical (unpaired) electrons. The molecule has 0 bridgehead atoms. The highest BCUT2D eigenvalue weighted by molar-refractivity contribution is 6.02. The number of nitrogens with zero attached hydrogens (tertiary/aromatic N) is 2. The highest BCUT2D eigenvalue weighted by Gasteiger charge is 2.13. The normalized spacial score (nSPS) is 12.2. The van der Waals surface area contributed by atoms with Gasteiger partial charge in [-0.05, 0) is 58.0 Å². The Bertz CT molecular complexity index is 1040. The lowest BCUT2D eigenvalue weighted by molar-refractivity contribution is 0.182. The molecule has 0 spiro atoms. The SMILES string of the molecule is CC(C)N(CCNc1ccc(N=Cc2c(O)[nH]c3cc(F)ccc23)cc1F)C(C)C. The van der Waals surface area contributed by atoms with E-state index in [1.807, 2.05) is 0 Å². The predicted octanol–water partition coefficient (Wildman–Crippen LogP) is 5.43. The maximum atomic E-state index is 14.5. The van der Waals surface area contributed by atoms with Gasteiger partial charge in [0.15, 0.2) is 5.88 Å². The molecular weight excluding hydrogens is 386 g/mol. The number of benzene rings is 2. The van der Waals surface area contributed by atoms with E-state index < -0.39 is 11.6 Å². The first-order valence-electron chi connectivity index (χ1n) is 10.1. The zero-order valence-electron chi connectivity index (χ0n) is 17.7. The van der Waals surface area contributed by atoms with Gasteiger partial charge in [-0.25, -0.2) is 8.78 Å². The van der Waals surface area contributed by atoms with Gasteiger partial charge >= 0.3 is 0 Å². The molecule has 160 valence electrons. The Morgan fingerprint density at radius 3 is 2.50 bits per heavy atom. The van der Waals surface area contributed by atoms with Crippen molar-refractivity contribution in [2.45, 2.75) is 39.8 Å². The fourth-order valence-electron chi connectivity index (χ4n) is 3.61. The van der Waals surface area contributed by atoms with Crippen molar-refractivity contribution in [3.05, 3.63) is 53.6 Å². The molecule has 0 saturated heterocycles. The van der Waals surface area contributed by atoms with Crippen molar-refractivity contribution < 1.29 is 13.9 Å². The number of hydrogen-bond acceptors (Lipinski definition) is 4. The molecule has 3 rings (SSSR count). The van der Waals surface area contributed by atoms with Gasteiger partial charge in [-0.1, -0.05) is 0 Å². The van der Waals surface area contributed by atoms with E-state index in [2.05, 4.69) is 47.9 Å². The lowest BCUT2D eigenvalue weighted by atomic mass is 10.2. The van der Waals surface area contributed by atoms with Gasteiger partial charge < -0.3 is 15.4 Å². The molecule has 0 aliphatic rings. The van der Waals surface area contributed by atoms with Crippen molar-refractivity contribution in [1.29, 1.82) is 0 Å². The van der Waals surface area contributed by atoms with E-state index in [9.17, 15) is 13.9 Å². The van der Waals surface area contributed by atoms with E-state index in [1.54, 1.807) is 18.2 Å². The molecule has 2 aromatic carbocycles. The molecule has 0 fully saturated rings. The summed E-state index contributed by atoms with van der Waals surface area (Å²) in [4.78, 5) is 9.31. The largest absolute Gasteiger partial charge is 0.494 e. The zero-order valence-corrected chi connectivity index (χ0v) is 17.7. The zero-order chi connectivity index (χ0) is 21.8. The highest BCUT2D eigenvalue weighted by atomic mass is 19.1. The quantitative estimate of drug-likeness (QED) is 0.431. The molecule has 30 heavy (non-hydrogen) atoms. The van der Waals surface area contributed by atoms with Crippen molar-refractivity contribution in [2.75, 3.05) is 18.4 Å². The molecule has 5 nitrogen and oxygen atoms in total. The van der Waals surface area contributed by atoms with Gasteiger partial charge in [0.1, 0.15) is 11.6 Å². The third-order valence-corrected chi connectivity index (χ3v) is 5.09. The third kappa shape index (κ3) is 4.97. The second-order valence-electron chi connectivity index (χ2n) is 7.85. The standard InChI is InChI=1S/C23H28F2N4O/c1-14(2)29(15(3)4)10-9-26-21-8-6-17(12-20(21)25)27-13-19-18-7-5-16(24)11-22(18)28-23(19)30/h5-8,11-15,26,28,30H,9-10H2,1-4H3. The summed E-state index contributed by atoms with van der Waals surface area (Å²) in [5.74, 6) is -0.907. The monoisotopic (exact) mass is 414 g/mol. The number of rotatable bonds is 8. The first-order valence-corrected chi connectivity index (χ1v) is 10.1. The number of H-pyrrole nitrogens is 1. The van der Waals surface area contributed by atoms with E-state index in [1.165, 1.54) is 24.4 Å². The Kier molecular flexibility index (Phi) is 6.72. The maximum absolute atomic E-state index is 14.5. The van der Waals surface area contributed by atoms with Crippen LogP contribution in [-0.2, 0) is 0 Å². The Balaban J connectivity index is 1.69. The number of aromatic hydroxyl groups is 1. The maximum Gasteiger partial charge on any atom is 0.198 e. The summed E-state index contributed by atoms with van der Waals surface area (Å²) in [5, 5.41) is 13.8. The smallest absolute Gasteiger partial charge is 0.198 e. The van der Waals surface area contributed by atoms with Crippen molar-refractivity contribution in [3.63, 3.8) is 0 Å². The Morgan fingerprint density at radius 2 is 1.83 bits per heavy atom.